The molecule has 0 aromatic heterocycles. The predicted molar refractivity (Wildman–Crippen MR) is 86.3 cm³/mol. The Bertz CT molecular complexity index is 266. The van der Waals surface area contributed by atoms with Crippen LogP contribution in [0.2, 0.25) is 0 Å². The molecule has 0 amide bonds. The third kappa shape index (κ3) is 4.85. The van der Waals surface area contributed by atoms with Crippen molar-refractivity contribution < 1.29 is 0 Å². The first kappa shape index (κ1) is 17.1. The van der Waals surface area contributed by atoms with Gasteiger partial charge in [-0.1, -0.05) is 20.8 Å². The smallest absolute Gasteiger partial charge is 0.0514 e. The second kappa shape index (κ2) is 7.82. The minimum atomic E-state index is 0.163. The van der Waals surface area contributed by atoms with Crippen LogP contribution in [0.3, 0.4) is 0 Å². The molecule has 7 nitrogen and oxygen atoms in total. The zero-order chi connectivity index (χ0) is 15.2. The molecule has 0 unspecified atom stereocenters. The van der Waals surface area contributed by atoms with Crippen LogP contribution in [0.5, 0.6) is 0 Å². The molecule has 21 heavy (non-hydrogen) atoms. The van der Waals surface area contributed by atoms with Gasteiger partial charge in [-0.05, 0) is 5.41 Å². The van der Waals surface area contributed by atoms with Gasteiger partial charge in [0.25, 0.3) is 0 Å². The van der Waals surface area contributed by atoms with Crippen LogP contribution < -0.4 is 31.9 Å². The minimum Gasteiger partial charge on any atom is -0.304 e. The summed E-state index contributed by atoms with van der Waals surface area (Å²) in [6.07, 6.45) is 0. The van der Waals surface area contributed by atoms with E-state index < -0.39 is 0 Å². The van der Waals surface area contributed by atoms with Crippen molar-refractivity contribution >= 4 is 0 Å². The molecule has 2 bridgehead atoms. The van der Waals surface area contributed by atoms with E-state index in [9.17, 15) is 0 Å². The average Bonchev–Trinajstić information content (AvgIpc) is 2.37. The van der Waals surface area contributed by atoms with Crippen molar-refractivity contribution in [2.24, 2.45) is 10.8 Å². The Labute approximate surface area is 129 Å². The summed E-state index contributed by atoms with van der Waals surface area (Å²) in [5.41, 5.74) is 0.371. The third-order valence-electron chi connectivity index (χ3n) is 4.74. The SMILES string of the molecule is CC(C)(C)C12CNCNCN(CNCNC1)CNCNC2. The van der Waals surface area contributed by atoms with E-state index in [2.05, 4.69) is 57.6 Å². The average molecular weight is 299 g/mol. The van der Waals surface area contributed by atoms with Gasteiger partial charge in [0, 0.05) is 45.1 Å². The number of nitrogens with one attached hydrogen (secondary N) is 6. The van der Waals surface area contributed by atoms with Gasteiger partial charge in [-0.25, -0.2) is 0 Å². The topological polar surface area (TPSA) is 75.4 Å². The lowest BCUT2D eigenvalue weighted by Crippen LogP contribution is -2.60. The molecule has 0 spiro atoms. The van der Waals surface area contributed by atoms with Crippen LogP contribution in [0.15, 0.2) is 0 Å². The summed E-state index contributed by atoms with van der Waals surface area (Å²) in [5.74, 6) is 0. The molecule has 3 rings (SSSR count). The Hall–Kier alpha value is -0.280. The monoisotopic (exact) mass is 299 g/mol. The fourth-order valence-corrected chi connectivity index (χ4v) is 2.96. The third-order valence-corrected chi connectivity index (χ3v) is 4.74. The van der Waals surface area contributed by atoms with E-state index in [4.69, 9.17) is 0 Å². The Morgan fingerprint density at radius 1 is 0.667 bits per heavy atom. The molecule has 3 aliphatic heterocycles. The molecular formula is C14H33N7. The van der Waals surface area contributed by atoms with Crippen molar-refractivity contribution in [2.75, 3.05) is 59.6 Å². The highest BCUT2D eigenvalue weighted by molar-refractivity contribution is 4.95. The van der Waals surface area contributed by atoms with Crippen molar-refractivity contribution in [1.29, 1.82) is 0 Å². The van der Waals surface area contributed by atoms with Crippen molar-refractivity contribution in [3.05, 3.63) is 0 Å². The number of fused-ring (bicyclic) bond motifs is 12. The molecule has 0 aromatic carbocycles. The van der Waals surface area contributed by atoms with E-state index in [0.29, 0.717) is 0 Å². The Kier molecular flexibility index (Phi) is 6.36. The maximum Gasteiger partial charge on any atom is 0.0514 e. The summed E-state index contributed by atoms with van der Waals surface area (Å²) >= 11 is 0. The maximum absolute atomic E-state index is 3.60. The van der Waals surface area contributed by atoms with Gasteiger partial charge in [0.05, 0.1) is 20.0 Å². The fourth-order valence-electron chi connectivity index (χ4n) is 2.96. The summed E-state index contributed by atoms with van der Waals surface area (Å²) in [4.78, 5) is 2.31. The van der Waals surface area contributed by atoms with Crippen LogP contribution in [0.1, 0.15) is 20.8 Å². The second-order valence-corrected chi connectivity index (χ2v) is 7.24. The molecule has 3 heterocycles. The molecule has 3 saturated heterocycles. The quantitative estimate of drug-likeness (QED) is 0.330. The van der Waals surface area contributed by atoms with Gasteiger partial charge >= 0.3 is 0 Å². The molecule has 3 aliphatic rings. The summed E-state index contributed by atoms with van der Waals surface area (Å²) < 4.78 is 0. The summed E-state index contributed by atoms with van der Waals surface area (Å²) in [5, 5.41) is 21.2. The standard InChI is InChI=1S/C14H33N7/c1-13(2,3)14-4-15-7-18-10-21(11-19-8-16-5-14)12-20-9-17-6-14/h15-20H,4-12H2,1-3H3. The normalized spacial score (nSPS) is 34.1. The molecular weight excluding hydrogens is 266 g/mol. The van der Waals surface area contributed by atoms with Gasteiger partial charge in [-0.15, -0.1) is 0 Å². The molecule has 124 valence electrons. The van der Waals surface area contributed by atoms with Crippen molar-refractivity contribution in [3.63, 3.8) is 0 Å². The van der Waals surface area contributed by atoms with Gasteiger partial charge in [-0.3, -0.25) is 20.9 Å². The highest BCUT2D eigenvalue weighted by atomic mass is 15.4. The van der Waals surface area contributed by atoms with Crippen LogP contribution in [-0.4, -0.2) is 64.5 Å². The lowest BCUT2D eigenvalue weighted by atomic mass is 9.66. The van der Waals surface area contributed by atoms with Gasteiger partial charge in [0.2, 0.25) is 0 Å². The van der Waals surface area contributed by atoms with Crippen LogP contribution in [-0.2, 0) is 0 Å². The maximum atomic E-state index is 3.60. The van der Waals surface area contributed by atoms with Gasteiger partial charge in [-0.2, -0.15) is 0 Å². The molecule has 7 heteroatoms. The molecule has 0 radical (unpaired) electrons. The summed E-state index contributed by atoms with van der Waals surface area (Å²) in [7, 11) is 0. The van der Waals surface area contributed by atoms with Gasteiger partial charge < -0.3 is 16.0 Å². The molecule has 0 aromatic rings. The van der Waals surface area contributed by atoms with E-state index in [1.165, 1.54) is 0 Å². The summed E-state index contributed by atoms with van der Waals surface area (Å²) in [6.45, 7) is 15.1. The molecule has 0 aliphatic carbocycles. The van der Waals surface area contributed by atoms with Crippen molar-refractivity contribution in [2.45, 2.75) is 20.8 Å². The fraction of sp³-hybridized carbons (Fsp3) is 1.00. The van der Waals surface area contributed by atoms with E-state index in [1.807, 2.05) is 0 Å². The van der Waals surface area contributed by atoms with Crippen LogP contribution in [0.4, 0.5) is 0 Å². The summed E-state index contributed by atoms with van der Waals surface area (Å²) in [6, 6.07) is 0. The number of rotatable bonds is 0. The van der Waals surface area contributed by atoms with E-state index in [-0.39, 0.29) is 10.8 Å². The lowest BCUT2D eigenvalue weighted by Gasteiger charge is -2.46. The predicted octanol–water partition coefficient (Wildman–Crippen LogP) is -1.37. The Balaban J connectivity index is 2.15. The zero-order valence-electron chi connectivity index (χ0n) is 13.8. The highest BCUT2D eigenvalue weighted by Crippen LogP contribution is 2.37. The molecule has 0 atom stereocenters. The van der Waals surface area contributed by atoms with Crippen LogP contribution in [0.25, 0.3) is 0 Å². The van der Waals surface area contributed by atoms with Gasteiger partial charge in [0.1, 0.15) is 0 Å². The first-order chi connectivity index (χ1) is 10.0. The Morgan fingerprint density at radius 2 is 1.05 bits per heavy atom. The second-order valence-electron chi connectivity index (χ2n) is 7.24. The van der Waals surface area contributed by atoms with Crippen molar-refractivity contribution in [1.82, 2.24) is 36.8 Å². The molecule has 0 saturated carbocycles. The first-order valence-electron chi connectivity index (χ1n) is 8.00. The van der Waals surface area contributed by atoms with Crippen LogP contribution >= 0.6 is 0 Å². The number of hydrogen-bond donors (Lipinski definition) is 6. The van der Waals surface area contributed by atoms with E-state index >= 15 is 0 Å². The number of hydrogen-bond acceptors (Lipinski definition) is 7. The zero-order valence-corrected chi connectivity index (χ0v) is 13.8. The van der Waals surface area contributed by atoms with Gasteiger partial charge in [0.15, 0.2) is 0 Å². The lowest BCUT2D eigenvalue weighted by molar-refractivity contribution is 0.0720. The van der Waals surface area contributed by atoms with E-state index in [1.54, 1.807) is 0 Å². The number of nitrogens with zero attached hydrogens (tertiary/aromatic N) is 1. The Morgan fingerprint density at radius 3 is 1.38 bits per heavy atom. The minimum absolute atomic E-state index is 0.163. The van der Waals surface area contributed by atoms with E-state index in [0.717, 1.165) is 59.6 Å². The van der Waals surface area contributed by atoms with Crippen molar-refractivity contribution in [3.8, 4) is 0 Å². The highest BCUT2D eigenvalue weighted by Gasteiger charge is 2.41. The largest absolute Gasteiger partial charge is 0.304 e. The van der Waals surface area contributed by atoms with Crippen LogP contribution in [0, 0.1) is 10.8 Å². The first-order valence-corrected chi connectivity index (χ1v) is 8.00. The molecule has 6 N–H and O–H groups in total. The molecule has 3 fully saturated rings.